The fourth-order valence-electron chi connectivity index (χ4n) is 6.12. The Morgan fingerprint density at radius 1 is 0.469 bits per heavy atom. The predicted molar refractivity (Wildman–Crippen MR) is 131 cm³/mol. The van der Waals surface area contributed by atoms with Crippen LogP contribution in [0.1, 0.15) is 47.2 Å². The molecule has 0 aliphatic heterocycles. The summed E-state index contributed by atoms with van der Waals surface area (Å²) in [5.74, 6) is 0.702. The first-order valence-electron chi connectivity index (χ1n) is 11.5. The number of benzene rings is 4. The van der Waals surface area contributed by atoms with Crippen LogP contribution in [0.2, 0.25) is 0 Å². The summed E-state index contributed by atoms with van der Waals surface area (Å²) in [4.78, 5) is 10.5. The summed E-state index contributed by atoms with van der Waals surface area (Å²) in [6, 6.07) is 31.0. The minimum atomic E-state index is 0.351. The van der Waals surface area contributed by atoms with Crippen LogP contribution in [0, 0.1) is 0 Å². The van der Waals surface area contributed by atoms with Gasteiger partial charge in [-0.3, -0.25) is 9.97 Å². The van der Waals surface area contributed by atoms with Crippen molar-refractivity contribution in [3.8, 4) is 0 Å². The maximum absolute atomic E-state index is 5.25. The van der Waals surface area contributed by atoms with E-state index in [9.17, 15) is 0 Å². The number of nitrogens with zero attached hydrogens (tertiary/aromatic N) is 2. The summed E-state index contributed by atoms with van der Waals surface area (Å²) in [5.41, 5.74) is 7.55. The molecule has 0 saturated carbocycles. The summed E-state index contributed by atoms with van der Waals surface area (Å²) in [6.45, 7) is 0. The molecular weight excluding hydrogens is 388 g/mol. The molecule has 2 heteroatoms. The molecule has 2 heterocycles. The Labute approximate surface area is 185 Å². The highest BCUT2D eigenvalue weighted by molar-refractivity contribution is 5.98. The monoisotopic (exact) mass is 408 g/mol. The van der Waals surface area contributed by atoms with Gasteiger partial charge in [0, 0.05) is 22.6 Å². The van der Waals surface area contributed by atoms with Crippen LogP contribution in [0.5, 0.6) is 0 Å². The molecule has 150 valence electrons. The number of fused-ring (bicyclic) bond motifs is 5. The Hall–Kier alpha value is -3.78. The molecule has 0 amide bonds. The van der Waals surface area contributed by atoms with Gasteiger partial charge >= 0.3 is 0 Å². The molecule has 0 radical (unpaired) electrons. The summed E-state index contributed by atoms with van der Waals surface area (Å²) < 4.78 is 0. The molecule has 6 aromatic rings. The zero-order valence-corrected chi connectivity index (χ0v) is 17.5. The van der Waals surface area contributed by atoms with E-state index in [0.29, 0.717) is 11.8 Å². The van der Waals surface area contributed by atoms with Gasteiger partial charge in [-0.15, -0.1) is 0 Å². The molecule has 4 aromatic carbocycles. The minimum absolute atomic E-state index is 0.351. The highest BCUT2D eigenvalue weighted by atomic mass is 14.8. The van der Waals surface area contributed by atoms with Gasteiger partial charge in [-0.1, -0.05) is 48.5 Å². The smallest absolute Gasteiger partial charge is 0.0712 e. The minimum Gasteiger partial charge on any atom is -0.252 e. The second kappa shape index (κ2) is 5.92. The van der Waals surface area contributed by atoms with Crippen molar-refractivity contribution in [2.45, 2.75) is 24.7 Å². The molecule has 3 aliphatic rings. The maximum atomic E-state index is 5.25. The van der Waals surface area contributed by atoms with Crippen LogP contribution in [0.4, 0.5) is 0 Å². The van der Waals surface area contributed by atoms with E-state index in [0.717, 1.165) is 23.9 Å². The molecule has 9 rings (SSSR count). The molecule has 2 atom stereocenters. The third kappa shape index (κ3) is 2.19. The second-order valence-corrected chi connectivity index (χ2v) is 9.39. The van der Waals surface area contributed by atoms with Crippen molar-refractivity contribution in [1.29, 1.82) is 0 Å². The van der Waals surface area contributed by atoms with Crippen molar-refractivity contribution in [1.82, 2.24) is 9.97 Å². The van der Waals surface area contributed by atoms with Crippen molar-refractivity contribution < 1.29 is 0 Å². The van der Waals surface area contributed by atoms with E-state index in [-0.39, 0.29) is 0 Å². The van der Waals surface area contributed by atoms with Gasteiger partial charge in [0.2, 0.25) is 0 Å². The molecule has 0 fully saturated rings. The maximum Gasteiger partial charge on any atom is 0.0712 e. The number of rotatable bonds is 0. The first kappa shape index (κ1) is 16.9. The number of hydrogen-bond acceptors (Lipinski definition) is 2. The molecule has 32 heavy (non-hydrogen) atoms. The zero-order chi connectivity index (χ0) is 20.8. The average molecular weight is 409 g/mol. The van der Waals surface area contributed by atoms with E-state index in [4.69, 9.17) is 9.97 Å². The molecule has 0 N–H and O–H groups in total. The fourth-order valence-corrected chi connectivity index (χ4v) is 6.12. The first-order chi connectivity index (χ1) is 15.8. The lowest BCUT2D eigenvalue weighted by Crippen LogP contribution is -2.27. The Bertz CT molecular complexity index is 1490. The van der Waals surface area contributed by atoms with Gasteiger partial charge in [-0.25, -0.2) is 0 Å². The van der Waals surface area contributed by atoms with Crippen LogP contribution in [0.3, 0.4) is 0 Å². The van der Waals surface area contributed by atoms with Gasteiger partial charge in [-0.2, -0.15) is 0 Å². The van der Waals surface area contributed by atoms with Gasteiger partial charge < -0.3 is 0 Å². The molecule has 3 aliphatic carbocycles. The molecule has 2 nitrogen and oxygen atoms in total. The highest BCUT2D eigenvalue weighted by Crippen LogP contribution is 2.52. The number of aromatic nitrogens is 2. The van der Waals surface area contributed by atoms with Crippen LogP contribution in [0.25, 0.3) is 43.4 Å². The quantitative estimate of drug-likeness (QED) is 0.244. The van der Waals surface area contributed by atoms with E-state index in [2.05, 4.69) is 84.9 Å². The molecular formula is C30H20N2. The summed E-state index contributed by atoms with van der Waals surface area (Å²) in [5, 5.41) is 7.55. The molecule has 0 saturated heterocycles. The lowest BCUT2D eigenvalue weighted by Gasteiger charge is -2.39. The van der Waals surface area contributed by atoms with E-state index in [1.165, 1.54) is 54.8 Å². The van der Waals surface area contributed by atoms with Gasteiger partial charge in [0.15, 0.2) is 0 Å². The Morgan fingerprint density at radius 3 is 1.31 bits per heavy atom. The normalized spacial score (nSPS) is 19.0. The van der Waals surface area contributed by atoms with Crippen LogP contribution in [-0.2, 0) is 0 Å². The SMILES string of the molecule is c1ccc2cc3nc4c(cc3cc2c1)C1CCC4c2cc3cc4ccccc4cc3nc21. The lowest BCUT2D eigenvalue weighted by molar-refractivity contribution is 0.500. The van der Waals surface area contributed by atoms with E-state index in [1.54, 1.807) is 0 Å². The number of hydrogen-bond donors (Lipinski definition) is 0. The fraction of sp³-hybridized carbons (Fsp3) is 0.133. The van der Waals surface area contributed by atoms with E-state index >= 15 is 0 Å². The first-order valence-corrected chi connectivity index (χ1v) is 11.5. The van der Waals surface area contributed by atoms with E-state index < -0.39 is 0 Å². The van der Waals surface area contributed by atoms with Gasteiger partial charge in [0.1, 0.15) is 0 Å². The zero-order valence-electron chi connectivity index (χ0n) is 17.5. The molecule has 2 unspecified atom stereocenters. The third-order valence-electron chi connectivity index (χ3n) is 7.64. The van der Waals surface area contributed by atoms with Crippen LogP contribution in [0.15, 0.2) is 84.9 Å². The molecule has 2 bridgehead atoms. The van der Waals surface area contributed by atoms with Crippen molar-refractivity contribution in [3.63, 3.8) is 0 Å². The van der Waals surface area contributed by atoms with Crippen molar-refractivity contribution in [2.24, 2.45) is 0 Å². The van der Waals surface area contributed by atoms with Gasteiger partial charge in [0.25, 0.3) is 0 Å². The van der Waals surface area contributed by atoms with Crippen molar-refractivity contribution in [3.05, 3.63) is 107 Å². The second-order valence-electron chi connectivity index (χ2n) is 9.39. The Morgan fingerprint density at radius 2 is 0.875 bits per heavy atom. The van der Waals surface area contributed by atoms with Crippen LogP contribution in [-0.4, -0.2) is 9.97 Å². The number of pyridine rings is 2. The molecule has 2 aromatic heterocycles. The van der Waals surface area contributed by atoms with Crippen LogP contribution < -0.4 is 0 Å². The topological polar surface area (TPSA) is 25.8 Å². The summed E-state index contributed by atoms with van der Waals surface area (Å²) >= 11 is 0. The van der Waals surface area contributed by atoms with Gasteiger partial charge in [0.05, 0.1) is 22.4 Å². The van der Waals surface area contributed by atoms with Crippen molar-refractivity contribution >= 4 is 43.4 Å². The lowest BCUT2D eigenvalue weighted by atomic mass is 9.67. The summed E-state index contributed by atoms with van der Waals surface area (Å²) in [7, 11) is 0. The van der Waals surface area contributed by atoms with Gasteiger partial charge in [-0.05, 0) is 81.9 Å². The summed E-state index contributed by atoms with van der Waals surface area (Å²) in [6.07, 6.45) is 2.33. The Balaban J connectivity index is 1.38. The molecule has 0 spiro atoms. The average Bonchev–Trinajstić information content (AvgIpc) is 2.84. The third-order valence-corrected chi connectivity index (χ3v) is 7.64. The highest BCUT2D eigenvalue weighted by Gasteiger charge is 2.40. The largest absolute Gasteiger partial charge is 0.252 e. The van der Waals surface area contributed by atoms with Crippen LogP contribution >= 0.6 is 0 Å². The standard InChI is InChI=1S/C30H20N2/c1-3-7-19-15-27-21(11-17(19)5-1)13-25-23-9-10-24(29(25)31-27)26-14-22-12-18-6-2-4-8-20(18)16-28(22)32-30(23)26/h1-8,11-16,23-24H,9-10H2. The Kier molecular flexibility index (Phi) is 3.12. The van der Waals surface area contributed by atoms with E-state index in [1.807, 2.05) is 0 Å². The predicted octanol–water partition coefficient (Wildman–Crippen LogP) is 7.46. The van der Waals surface area contributed by atoms with Crippen molar-refractivity contribution in [2.75, 3.05) is 0 Å².